The summed E-state index contributed by atoms with van der Waals surface area (Å²) in [5, 5.41) is 4.57. The smallest absolute Gasteiger partial charge is 0.416 e. The normalized spacial score (nSPS) is 12.5. The molecule has 0 spiro atoms. The number of hydrogen-bond acceptors (Lipinski definition) is 6. The second kappa shape index (κ2) is 9.95. The lowest BCUT2D eigenvalue weighted by molar-refractivity contribution is -0.137. The Labute approximate surface area is 184 Å². The average molecular weight is 449 g/mol. The van der Waals surface area contributed by atoms with Crippen LogP contribution in [-0.4, -0.2) is 31.8 Å². The highest BCUT2D eigenvalue weighted by atomic mass is 19.4. The van der Waals surface area contributed by atoms with Crippen LogP contribution in [0.2, 0.25) is 0 Å². The fourth-order valence-electron chi connectivity index (χ4n) is 3.44. The van der Waals surface area contributed by atoms with Crippen LogP contribution in [0.15, 0.2) is 42.6 Å². The lowest BCUT2D eigenvalue weighted by atomic mass is 10.1. The van der Waals surface area contributed by atoms with Gasteiger partial charge in [-0.2, -0.15) is 13.2 Å². The van der Waals surface area contributed by atoms with Crippen molar-refractivity contribution in [3.8, 4) is 23.1 Å². The van der Waals surface area contributed by atoms with E-state index < -0.39 is 11.7 Å². The predicted octanol–water partition coefficient (Wildman–Crippen LogP) is 5.60. The lowest BCUT2D eigenvalue weighted by Gasteiger charge is -2.20. The van der Waals surface area contributed by atoms with Crippen LogP contribution in [0.4, 0.5) is 18.9 Å². The molecule has 1 atom stereocenters. The largest absolute Gasteiger partial charge is 0.494 e. The van der Waals surface area contributed by atoms with E-state index in [2.05, 4.69) is 10.3 Å². The monoisotopic (exact) mass is 449 g/mol. The van der Waals surface area contributed by atoms with Crippen LogP contribution < -0.4 is 25.3 Å². The fraction of sp³-hybridized carbons (Fsp3) is 0.348. The molecule has 0 saturated carbocycles. The van der Waals surface area contributed by atoms with Gasteiger partial charge in [0.05, 0.1) is 36.8 Å². The van der Waals surface area contributed by atoms with E-state index in [0.29, 0.717) is 34.7 Å². The van der Waals surface area contributed by atoms with Crippen LogP contribution in [0.3, 0.4) is 0 Å². The van der Waals surface area contributed by atoms with Gasteiger partial charge in [-0.3, -0.25) is 0 Å². The molecule has 0 aliphatic rings. The van der Waals surface area contributed by atoms with Crippen molar-refractivity contribution in [3.05, 3.63) is 48.2 Å². The summed E-state index contributed by atoms with van der Waals surface area (Å²) >= 11 is 0. The molecule has 0 amide bonds. The maximum absolute atomic E-state index is 13.1. The van der Waals surface area contributed by atoms with Crippen molar-refractivity contribution in [2.75, 3.05) is 26.1 Å². The van der Waals surface area contributed by atoms with Gasteiger partial charge in [0.15, 0.2) is 0 Å². The van der Waals surface area contributed by atoms with Crippen LogP contribution in [0.25, 0.3) is 10.8 Å². The molecule has 0 aliphatic heterocycles. The quantitative estimate of drug-likeness (QED) is 0.443. The molecule has 0 aliphatic carbocycles. The Morgan fingerprint density at radius 2 is 1.84 bits per heavy atom. The number of nitrogens with one attached hydrogen (secondary N) is 1. The number of methoxy groups -OCH3 is 2. The molecule has 0 fully saturated rings. The number of rotatable bonds is 9. The van der Waals surface area contributed by atoms with Crippen LogP contribution in [0.5, 0.6) is 23.1 Å². The van der Waals surface area contributed by atoms with Gasteiger partial charge in [-0.25, -0.2) is 4.98 Å². The summed E-state index contributed by atoms with van der Waals surface area (Å²) in [5.74, 6) is 1.11. The number of nitrogens with two attached hydrogens (primary N) is 1. The van der Waals surface area contributed by atoms with Crippen LogP contribution in [0, 0.1) is 0 Å². The van der Waals surface area contributed by atoms with Gasteiger partial charge in [0.2, 0.25) is 5.88 Å². The first-order chi connectivity index (χ1) is 15.3. The van der Waals surface area contributed by atoms with Crippen molar-refractivity contribution < 1.29 is 27.4 Å². The molecule has 3 N–H and O–H groups in total. The molecular weight excluding hydrogens is 423 g/mol. The van der Waals surface area contributed by atoms with Gasteiger partial charge in [0, 0.05) is 11.7 Å². The standard InChI is InChI=1S/C23H26F3N3O3/c1-14(6-5-11-27)29-17-9-10-18(21-19(30-2)13-28-22(31-3)20(17)21)32-16-8-4-7-15(12-16)23(24,25)26/h4,7-10,12-14,29H,5-6,11,27H2,1-3H3. The molecule has 0 radical (unpaired) electrons. The summed E-state index contributed by atoms with van der Waals surface area (Å²) in [6, 6.07) is 8.30. The topological polar surface area (TPSA) is 78.6 Å². The van der Waals surface area contributed by atoms with Gasteiger partial charge in [0.1, 0.15) is 17.2 Å². The SMILES string of the molecule is COc1cnc(OC)c2c(NC(C)CCCN)ccc(Oc3cccc(C(F)(F)F)c3)c12. The van der Waals surface area contributed by atoms with Crippen molar-refractivity contribution in [1.82, 2.24) is 4.98 Å². The molecule has 1 unspecified atom stereocenters. The number of pyridine rings is 1. The van der Waals surface area contributed by atoms with Gasteiger partial charge >= 0.3 is 6.18 Å². The van der Waals surface area contributed by atoms with Gasteiger partial charge < -0.3 is 25.3 Å². The molecule has 1 aromatic heterocycles. The zero-order chi connectivity index (χ0) is 23.3. The van der Waals surface area contributed by atoms with E-state index in [1.54, 1.807) is 12.1 Å². The van der Waals surface area contributed by atoms with Crippen LogP contribution in [-0.2, 0) is 6.18 Å². The van der Waals surface area contributed by atoms with Crippen molar-refractivity contribution in [2.24, 2.45) is 5.73 Å². The van der Waals surface area contributed by atoms with Crippen molar-refractivity contribution in [3.63, 3.8) is 0 Å². The van der Waals surface area contributed by atoms with E-state index in [-0.39, 0.29) is 11.8 Å². The first kappa shape index (κ1) is 23.5. The van der Waals surface area contributed by atoms with E-state index in [1.165, 1.54) is 32.5 Å². The molecule has 0 bridgehead atoms. The Morgan fingerprint density at radius 1 is 1.06 bits per heavy atom. The zero-order valence-corrected chi connectivity index (χ0v) is 18.1. The Hall–Kier alpha value is -3.20. The maximum atomic E-state index is 13.1. The van der Waals surface area contributed by atoms with E-state index >= 15 is 0 Å². The second-order valence-electron chi connectivity index (χ2n) is 7.30. The van der Waals surface area contributed by atoms with Gasteiger partial charge in [-0.15, -0.1) is 0 Å². The van der Waals surface area contributed by atoms with Crippen molar-refractivity contribution in [1.29, 1.82) is 0 Å². The van der Waals surface area contributed by atoms with Crippen LogP contribution >= 0.6 is 0 Å². The second-order valence-corrected chi connectivity index (χ2v) is 7.30. The van der Waals surface area contributed by atoms with Crippen molar-refractivity contribution >= 4 is 16.5 Å². The summed E-state index contributed by atoms with van der Waals surface area (Å²) in [4.78, 5) is 4.31. The predicted molar refractivity (Wildman–Crippen MR) is 118 cm³/mol. The summed E-state index contributed by atoms with van der Waals surface area (Å²) in [5.41, 5.74) is 5.56. The number of halogens is 3. The maximum Gasteiger partial charge on any atom is 0.416 e. The first-order valence-electron chi connectivity index (χ1n) is 10.1. The number of benzene rings is 2. The number of nitrogens with zero attached hydrogens (tertiary/aromatic N) is 1. The highest BCUT2D eigenvalue weighted by Crippen LogP contribution is 2.44. The highest BCUT2D eigenvalue weighted by Gasteiger charge is 2.30. The molecule has 1 heterocycles. The van der Waals surface area contributed by atoms with E-state index in [9.17, 15) is 13.2 Å². The Bertz CT molecular complexity index is 1070. The van der Waals surface area contributed by atoms with Crippen LogP contribution in [0.1, 0.15) is 25.3 Å². The summed E-state index contributed by atoms with van der Waals surface area (Å²) in [6.45, 7) is 2.63. The summed E-state index contributed by atoms with van der Waals surface area (Å²) in [6.07, 6.45) is -1.26. The minimum atomic E-state index is -4.47. The van der Waals surface area contributed by atoms with E-state index in [4.69, 9.17) is 19.9 Å². The molecular formula is C23H26F3N3O3. The van der Waals surface area contributed by atoms with Gasteiger partial charge in [-0.05, 0) is 56.6 Å². The Balaban J connectivity index is 2.11. The number of ether oxygens (including phenoxy) is 3. The molecule has 172 valence electrons. The number of fused-ring (bicyclic) bond motifs is 1. The summed E-state index contributed by atoms with van der Waals surface area (Å²) < 4.78 is 56.2. The average Bonchev–Trinajstić information content (AvgIpc) is 2.78. The molecule has 2 aromatic carbocycles. The van der Waals surface area contributed by atoms with Gasteiger partial charge in [0.25, 0.3) is 0 Å². The number of aromatic nitrogens is 1. The third-order valence-electron chi connectivity index (χ3n) is 4.97. The third kappa shape index (κ3) is 5.16. The molecule has 6 nitrogen and oxygen atoms in total. The molecule has 32 heavy (non-hydrogen) atoms. The van der Waals surface area contributed by atoms with Crippen molar-refractivity contribution in [2.45, 2.75) is 32.0 Å². The Morgan fingerprint density at radius 3 is 2.50 bits per heavy atom. The first-order valence-corrected chi connectivity index (χ1v) is 10.1. The summed E-state index contributed by atoms with van der Waals surface area (Å²) in [7, 11) is 2.98. The number of anilines is 1. The minimum absolute atomic E-state index is 0.0518. The molecule has 3 rings (SSSR count). The van der Waals surface area contributed by atoms with E-state index in [1.807, 2.05) is 6.92 Å². The van der Waals surface area contributed by atoms with E-state index in [0.717, 1.165) is 30.7 Å². The highest BCUT2D eigenvalue weighted by molar-refractivity contribution is 6.04. The third-order valence-corrected chi connectivity index (χ3v) is 4.97. The number of hydrogen-bond donors (Lipinski definition) is 2. The Kier molecular flexibility index (Phi) is 7.29. The van der Waals surface area contributed by atoms with Gasteiger partial charge in [-0.1, -0.05) is 6.07 Å². The zero-order valence-electron chi connectivity index (χ0n) is 18.1. The fourth-order valence-corrected chi connectivity index (χ4v) is 3.44. The molecule has 0 saturated heterocycles. The molecule has 9 heteroatoms. The minimum Gasteiger partial charge on any atom is -0.494 e. The molecule has 3 aromatic rings. The lowest BCUT2D eigenvalue weighted by Crippen LogP contribution is -2.17. The number of alkyl halides is 3.